The van der Waals surface area contributed by atoms with Gasteiger partial charge in [0, 0.05) is 36.5 Å². The predicted molar refractivity (Wildman–Crippen MR) is 194 cm³/mol. The molecule has 3 heterocycles. The van der Waals surface area contributed by atoms with E-state index in [1.807, 2.05) is 11.3 Å². The number of aromatic nitrogens is 3. The highest BCUT2D eigenvalue weighted by Crippen LogP contribution is 2.50. The average Bonchev–Trinajstić information content (AvgIpc) is 3.61. The number of hydrogen-bond acceptors (Lipinski definition) is 3. The van der Waals surface area contributed by atoms with Crippen LogP contribution in [-0.4, -0.2) is 14.5 Å². The third-order valence-corrected chi connectivity index (χ3v) is 10.8. The molecule has 0 bridgehead atoms. The van der Waals surface area contributed by atoms with Crippen molar-refractivity contribution in [2.45, 2.75) is 0 Å². The molecule has 46 heavy (non-hydrogen) atoms. The van der Waals surface area contributed by atoms with Crippen LogP contribution in [0.1, 0.15) is 0 Å². The average molecular weight is 602 g/mol. The Morgan fingerprint density at radius 1 is 0.457 bits per heavy atom. The number of hydrogen-bond donors (Lipinski definition) is 0. The maximum Gasteiger partial charge on any atom is 0.165 e. The molecule has 1 aliphatic rings. The molecule has 11 rings (SSSR count). The summed E-state index contributed by atoms with van der Waals surface area (Å²) in [6, 6.07) is 50.4. The van der Waals surface area contributed by atoms with Gasteiger partial charge in [-0.05, 0) is 63.4 Å². The third kappa shape index (κ3) is 3.16. The van der Waals surface area contributed by atoms with Gasteiger partial charge in [-0.15, -0.1) is 11.3 Å². The van der Waals surface area contributed by atoms with Gasteiger partial charge in [-0.3, -0.25) is 4.57 Å². The SMILES string of the molecule is c1ccc(-c2nc3cc4sc5ccccc5c4cc3nc2-n2c3cccc4c3c3c(cccc32)-c2cccc3cccc-4c23)cc1. The number of nitrogens with zero attached hydrogens (tertiary/aromatic N) is 3. The summed E-state index contributed by atoms with van der Waals surface area (Å²) in [6.07, 6.45) is 0. The molecule has 1 aliphatic carbocycles. The van der Waals surface area contributed by atoms with E-state index in [1.165, 1.54) is 64.0 Å². The lowest BCUT2D eigenvalue weighted by Crippen LogP contribution is -2.04. The summed E-state index contributed by atoms with van der Waals surface area (Å²) in [4.78, 5) is 10.9. The molecule has 0 saturated heterocycles. The first-order chi connectivity index (χ1) is 22.8. The monoisotopic (exact) mass is 601 g/mol. The van der Waals surface area contributed by atoms with Gasteiger partial charge in [0.1, 0.15) is 5.69 Å². The van der Waals surface area contributed by atoms with Crippen LogP contribution in [0, 0.1) is 0 Å². The molecule has 0 radical (unpaired) electrons. The normalized spacial score (nSPS) is 12.3. The Bertz CT molecular complexity index is 2820. The Balaban J connectivity index is 1.31. The summed E-state index contributed by atoms with van der Waals surface area (Å²) >= 11 is 1.82. The molecule has 10 aromatic rings. The van der Waals surface area contributed by atoms with E-state index in [2.05, 4.69) is 144 Å². The highest BCUT2D eigenvalue weighted by atomic mass is 32.1. The Hall–Kier alpha value is -5.84. The van der Waals surface area contributed by atoms with Gasteiger partial charge >= 0.3 is 0 Å². The molecule has 0 unspecified atom stereocenters. The summed E-state index contributed by atoms with van der Waals surface area (Å²) in [5, 5.41) is 7.60. The molecular weight excluding hydrogens is 579 g/mol. The molecule has 0 fully saturated rings. The van der Waals surface area contributed by atoms with Crippen LogP contribution in [0.3, 0.4) is 0 Å². The van der Waals surface area contributed by atoms with E-state index in [-0.39, 0.29) is 0 Å². The van der Waals surface area contributed by atoms with Crippen molar-refractivity contribution in [1.29, 1.82) is 0 Å². The Morgan fingerprint density at radius 2 is 1.07 bits per heavy atom. The van der Waals surface area contributed by atoms with Crippen LogP contribution in [0.15, 0.2) is 140 Å². The largest absolute Gasteiger partial charge is 0.292 e. The summed E-state index contributed by atoms with van der Waals surface area (Å²) in [5.74, 6) is 0.846. The zero-order valence-corrected chi connectivity index (χ0v) is 25.3. The fourth-order valence-electron chi connectivity index (χ4n) is 7.79. The molecule has 0 saturated carbocycles. The van der Waals surface area contributed by atoms with Crippen LogP contribution < -0.4 is 0 Å². The fourth-order valence-corrected chi connectivity index (χ4v) is 8.91. The Morgan fingerprint density at radius 3 is 1.78 bits per heavy atom. The van der Waals surface area contributed by atoms with Gasteiger partial charge in [-0.1, -0.05) is 109 Å². The fraction of sp³-hybridized carbons (Fsp3) is 0. The molecule has 7 aromatic carbocycles. The molecule has 3 aromatic heterocycles. The number of thiophene rings is 1. The van der Waals surface area contributed by atoms with Crippen LogP contribution in [0.25, 0.3) is 103 Å². The van der Waals surface area contributed by atoms with Crippen LogP contribution in [0.2, 0.25) is 0 Å². The highest BCUT2D eigenvalue weighted by Gasteiger charge is 2.26. The van der Waals surface area contributed by atoms with Crippen molar-refractivity contribution >= 4 is 75.1 Å². The van der Waals surface area contributed by atoms with Crippen molar-refractivity contribution in [3.05, 3.63) is 140 Å². The van der Waals surface area contributed by atoms with E-state index in [1.54, 1.807) is 0 Å². The molecule has 4 heteroatoms. The minimum absolute atomic E-state index is 0.846. The zero-order chi connectivity index (χ0) is 29.9. The van der Waals surface area contributed by atoms with Crippen molar-refractivity contribution in [2.75, 3.05) is 0 Å². The van der Waals surface area contributed by atoms with E-state index >= 15 is 0 Å². The van der Waals surface area contributed by atoms with Crippen LogP contribution >= 0.6 is 11.3 Å². The number of rotatable bonds is 2. The second-order valence-electron chi connectivity index (χ2n) is 12.1. The number of fused-ring (bicyclic) bond motifs is 6. The van der Waals surface area contributed by atoms with E-state index in [4.69, 9.17) is 9.97 Å². The minimum atomic E-state index is 0.846. The Labute approximate surface area is 267 Å². The van der Waals surface area contributed by atoms with Gasteiger partial charge in [0.2, 0.25) is 0 Å². The lowest BCUT2D eigenvalue weighted by atomic mass is 9.93. The van der Waals surface area contributed by atoms with Crippen molar-refractivity contribution in [2.24, 2.45) is 0 Å². The molecule has 3 nitrogen and oxygen atoms in total. The van der Waals surface area contributed by atoms with E-state index in [0.29, 0.717) is 0 Å². The van der Waals surface area contributed by atoms with Gasteiger partial charge in [0.25, 0.3) is 0 Å². The van der Waals surface area contributed by atoms with Gasteiger partial charge in [-0.25, -0.2) is 9.97 Å². The molecule has 0 aliphatic heterocycles. The lowest BCUT2D eigenvalue weighted by molar-refractivity contribution is 1.08. The van der Waals surface area contributed by atoms with Crippen molar-refractivity contribution in [1.82, 2.24) is 14.5 Å². The molecule has 212 valence electrons. The summed E-state index contributed by atoms with van der Waals surface area (Å²) < 4.78 is 4.87. The summed E-state index contributed by atoms with van der Waals surface area (Å²) in [5.41, 5.74) is 11.1. The second kappa shape index (κ2) is 8.87. The van der Waals surface area contributed by atoms with Gasteiger partial charge < -0.3 is 0 Å². The van der Waals surface area contributed by atoms with Crippen LogP contribution in [0.4, 0.5) is 0 Å². The maximum absolute atomic E-state index is 5.52. The molecule has 0 amide bonds. The molecule has 0 N–H and O–H groups in total. The minimum Gasteiger partial charge on any atom is -0.292 e. The van der Waals surface area contributed by atoms with E-state index in [0.717, 1.165) is 39.1 Å². The summed E-state index contributed by atoms with van der Waals surface area (Å²) in [6.45, 7) is 0. The van der Waals surface area contributed by atoms with Gasteiger partial charge in [-0.2, -0.15) is 0 Å². The molecule has 0 atom stereocenters. The van der Waals surface area contributed by atoms with Crippen LogP contribution in [0.5, 0.6) is 0 Å². The van der Waals surface area contributed by atoms with Crippen molar-refractivity contribution < 1.29 is 0 Å². The molecule has 0 spiro atoms. The maximum atomic E-state index is 5.52. The topological polar surface area (TPSA) is 30.7 Å². The first-order valence-corrected chi connectivity index (χ1v) is 16.4. The number of benzene rings is 7. The molecular formula is C42H23N3S. The van der Waals surface area contributed by atoms with Gasteiger partial charge in [0.15, 0.2) is 5.82 Å². The van der Waals surface area contributed by atoms with Crippen molar-refractivity contribution in [3.63, 3.8) is 0 Å². The quantitative estimate of drug-likeness (QED) is 0.197. The smallest absolute Gasteiger partial charge is 0.165 e. The third-order valence-electron chi connectivity index (χ3n) is 9.71. The second-order valence-corrected chi connectivity index (χ2v) is 13.2. The van der Waals surface area contributed by atoms with Crippen molar-refractivity contribution in [3.8, 4) is 39.3 Å². The predicted octanol–water partition coefficient (Wildman–Crippen LogP) is 11.6. The first-order valence-electron chi connectivity index (χ1n) is 15.6. The van der Waals surface area contributed by atoms with Gasteiger partial charge in [0.05, 0.1) is 22.1 Å². The van der Waals surface area contributed by atoms with Crippen LogP contribution in [-0.2, 0) is 0 Å². The highest BCUT2D eigenvalue weighted by molar-refractivity contribution is 7.25. The first kappa shape index (κ1) is 24.5. The lowest BCUT2D eigenvalue weighted by Gasteiger charge is -2.15. The Kier molecular flexibility index (Phi) is 4.72. The van der Waals surface area contributed by atoms with E-state index in [9.17, 15) is 0 Å². The van der Waals surface area contributed by atoms with E-state index < -0.39 is 0 Å². The summed E-state index contributed by atoms with van der Waals surface area (Å²) in [7, 11) is 0. The standard InChI is InChI=1S/C42H23N3S/c1-2-10-25(11-3-1)41-42(44-32-22-31-26-14-4-5-21-36(26)46-37(31)23-33(32)43-41)45-34-19-8-17-29-27-15-6-12-24-13-7-16-28(38(24)27)30-18-9-20-35(45)40(30)39(29)34/h1-23H. The zero-order valence-electron chi connectivity index (χ0n) is 24.5.